The summed E-state index contributed by atoms with van der Waals surface area (Å²) in [6, 6.07) is 0. The fourth-order valence-corrected chi connectivity index (χ4v) is 1.56. The van der Waals surface area contributed by atoms with Gasteiger partial charge in [-0.1, -0.05) is 20.8 Å². The van der Waals surface area contributed by atoms with Gasteiger partial charge in [0.05, 0.1) is 11.2 Å². The van der Waals surface area contributed by atoms with E-state index in [9.17, 15) is 0 Å². The van der Waals surface area contributed by atoms with E-state index in [0.29, 0.717) is 5.41 Å². The van der Waals surface area contributed by atoms with Gasteiger partial charge in [0.2, 0.25) is 0 Å². The van der Waals surface area contributed by atoms with Crippen molar-refractivity contribution in [1.29, 1.82) is 0 Å². The van der Waals surface area contributed by atoms with Gasteiger partial charge in [-0.25, -0.2) is 4.99 Å². The van der Waals surface area contributed by atoms with Crippen molar-refractivity contribution in [2.75, 3.05) is 0 Å². The number of hydrogen-bond donors (Lipinski definition) is 0. The molecule has 0 saturated carbocycles. The van der Waals surface area contributed by atoms with Crippen LogP contribution in [-0.4, -0.2) is 10.9 Å². The minimum absolute atomic E-state index is 0.298. The van der Waals surface area contributed by atoms with Gasteiger partial charge in [-0.2, -0.15) is 4.40 Å². The Labute approximate surface area is 71.6 Å². The first-order chi connectivity index (χ1) is 5.08. The summed E-state index contributed by atoms with van der Waals surface area (Å²) < 4.78 is 3.92. The lowest BCUT2D eigenvalue weighted by Gasteiger charge is -2.17. The number of rotatable bonds is 1. The Bertz CT molecular complexity index is 229. The van der Waals surface area contributed by atoms with Gasteiger partial charge in [0.1, 0.15) is 0 Å². The molecule has 0 amide bonds. The standard InChI is InChI=1S/C8H12N2S/c1-8(2,3)6-7-9-4-5-10-11-7/h4H,6H2,1-3H3. The third kappa shape index (κ3) is 3.40. The van der Waals surface area contributed by atoms with Crippen molar-refractivity contribution in [1.82, 2.24) is 0 Å². The van der Waals surface area contributed by atoms with E-state index < -0.39 is 0 Å². The fraction of sp³-hybridized carbons (Fsp3) is 0.625. The molecular formula is C8H12N2S. The molecule has 0 aromatic heterocycles. The predicted molar refractivity (Wildman–Crippen MR) is 51.1 cm³/mol. The molecule has 1 aliphatic heterocycles. The van der Waals surface area contributed by atoms with Crippen LogP contribution in [0.2, 0.25) is 0 Å². The largest absolute Gasteiger partial charge is 0.242 e. The Balaban J connectivity index is 2.53. The van der Waals surface area contributed by atoms with Crippen LogP contribution >= 0.6 is 11.9 Å². The third-order valence-corrected chi connectivity index (χ3v) is 1.81. The summed E-state index contributed by atoms with van der Waals surface area (Å²) in [5, 5.41) is 1.08. The van der Waals surface area contributed by atoms with Crippen molar-refractivity contribution in [2.24, 2.45) is 14.8 Å². The molecule has 60 valence electrons. The van der Waals surface area contributed by atoms with E-state index in [-0.39, 0.29) is 0 Å². The molecule has 0 aliphatic carbocycles. The number of hydrogen-bond acceptors (Lipinski definition) is 3. The minimum atomic E-state index is 0.298. The van der Waals surface area contributed by atoms with Crippen molar-refractivity contribution in [3.05, 3.63) is 6.20 Å². The van der Waals surface area contributed by atoms with Gasteiger partial charge in [0.25, 0.3) is 0 Å². The van der Waals surface area contributed by atoms with Crippen molar-refractivity contribution < 1.29 is 0 Å². The van der Waals surface area contributed by atoms with Crippen LogP contribution in [0.1, 0.15) is 27.2 Å². The summed E-state index contributed by atoms with van der Waals surface area (Å²) in [5.74, 6) is 2.68. The van der Waals surface area contributed by atoms with E-state index >= 15 is 0 Å². The lowest BCUT2D eigenvalue weighted by atomic mass is 9.93. The average Bonchev–Trinajstić information content (AvgIpc) is 1.85. The number of aliphatic imine (C=N–C) groups is 1. The molecule has 11 heavy (non-hydrogen) atoms. The Morgan fingerprint density at radius 1 is 1.55 bits per heavy atom. The van der Waals surface area contributed by atoms with Gasteiger partial charge in [-0.05, 0) is 5.41 Å². The average molecular weight is 168 g/mol. The molecule has 0 radical (unpaired) electrons. The highest BCUT2D eigenvalue weighted by Crippen LogP contribution is 2.24. The van der Waals surface area contributed by atoms with E-state index in [1.54, 1.807) is 6.20 Å². The summed E-state index contributed by atoms with van der Waals surface area (Å²) >= 11 is 1.42. The van der Waals surface area contributed by atoms with Crippen molar-refractivity contribution in [3.63, 3.8) is 0 Å². The topological polar surface area (TPSA) is 24.7 Å². The molecule has 0 aromatic carbocycles. The Kier molecular flexibility index (Phi) is 2.53. The van der Waals surface area contributed by atoms with Crippen molar-refractivity contribution in [2.45, 2.75) is 27.2 Å². The maximum Gasteiger partial charge on any atom is 0.0980 e. The molecule has 2 nitrogen and oxygen atoms in total. The molecule has 0 atom stereocenters. The zero-order chi connectivity index (χ0) is 8.32. The summed E-state index contributed by atoms with van der Waals surface area (Å²) in [7, 11) is 0. The second-order valence-electron chi connectivity index (χ2n) is 3.70. The van der Waals surface area contributed by atoms with E-state index in [1.807, 2.05) is 0 Å². The van der Waals surface area contributed by atoms with Gasteiger partial charge in [-0.15, -0.1) is 0 Å². The molecule has 1 rings (SSSR count). The molecule has 1 aliphatic rings. The van der Waals surface area contributed by atoms with Crippen LogP contribution < -0.4 is 0 Å². The highest BCUT2D eigenvalue weighted by molar-refractivity contribution is 8.12. The first-order valence-corrected chi connectivity index (χ1v) is 4.36. The third-order valence-electron chi connectivity index (χ3n) is 1.15. The first-order valence-electron chi connectivity index (χ1n) is 3.59. The van der Waals surface area contributed by atoms with Crippen LogP contribution in [0.5, 0.6) is 0 Å². The fourth-order valence-electron chi connectivity index (χ4n) is 0.759. The lowest BCUT2D eigenvalue weighted by Crippen LogP contribution is -2.10. The van der Waals surface area contributed by atoms with Crippen LogP contribution in [0.25, 0.3) is 0 Å². The summed E-state index contributed by atoms with van der Waals surface area (Å²) in [5.41, 5.74) is 0.298. The van der Waals surface area contributed by atoms with E-state index in [2.05, 4.69) is 36.0 Å². The SMILES string of the molecule is CC(C)(C)CC1=NC=C=NS1. The first kappa shape index (κ1) is 8.57. The highest BCUT2D eigenvalue weighted by Gasteiger charge is 2.14. The molecule has 0 N–H and O–H groups in total. The smallest absolute Gasteiger partial charge is 0.0980 e. The highest BCUT2D eigenvalue weighted by atomic mass is 32.2. The van der Waals surface area contributed by atoms with Crippen LogP contribution in [0.3, 0.4) is 0 Å². The van der Waals surface area contributed by atoms with Gasteiger partial charge in [0.15, 0.2) is 0 Å². The molecule has 1 heterocycles. The van der Waals surface area contributed by atoms with Crippen molar-refractivity contribution in [3.8, 4) is 0 Å². The van der Waals surface area contributed by atoms with Gasteiger partial charge in [0, 0.05) is 24.2 Å². The molecule has 0 bridgehead atoms. The lowest BCUT2D eigenvalue weighted by molar-refractivity contribution is 0.436. The van der Waals surface area contributed by atoms with Gasteiger partial charge in [-0.3, -0.25) is 0 Å². The Morgan fingerprint density at radius 2 is 2.27 bits per heavy atom. The maximum absolute atomic E-state index is 4.16. The zero-order valence-corrected chi connectivity index (χ0v) is 7.90. The Hall–Kier alpha value is -0.530. The van der Waals surface area contributed by atoms with Gasteiger partial charge >= 0.3 is 0 Å². The summed E-state index contributed by atoms with van der Waals surface area (Å²) in [6.07, 6.45) is 2.61. The molecule has 0 aromatic rings. The van der Waals surface area contributed by atoms with Crippen LogP contribution in [0.15, 0.2) is 15.6 Å². The van der Waals surface area contributed by atoms with E-state index in [0.717, 1.165) is 11.5 Å². The second-order valence-corrected chi connectivity index (χ2v) is 4.54. The minimum Gasteiger partial charge on any atom is -0.242 e. The monoisotopic (exact) mass is 168 g/mol. The van der Waals surface area contributed by atoms with E-state index in [1.165, 1.54) is 11.9 Å². The maximum atomic E-state index is 4.16. The molecule has 3 heteroatoms. The van der Waals surface area contributed by atoms with Crippen molar-refractivity contribution >= 4 is 22.9 Å². The molecular weight excluding hydrogens is 156 g/mol. The quantitative estimate of drug-likeness (QED) is 0.552. The van der Waals surface area contributed by atoms with Crippen LogP contribution in [0.4, 0.5) is 0 Å². The second kappa shape index (κ2) is 3.24. The van der Waals surface area contributed by atoms with E-state index in [4.69, 9.17) is 0 Å². The molecule has 0 fully saturated rings. The van der Waals surface area contributed by atoms with Crippen LogP contribution in [-0.2, 0) is 0 Å². The zero-order valence-electron chi connectivity index (χ0n) is 7.09. The Morgan fingerprint density at radius 3 is 2.73 bits per heavy atom. The molecule has 0 unspecified atom stereocenters. The van der Waals surface area contributed by atoms with Crippen LogP contribution in [0, 0.1) is 5.41 Å². The van der Waals surface area contributed by atoms with Gasteiger partial charge < -0.3 is 0 Å². The summed E-state index contributed by atoms with van der Waals surface area (Å²) in [6.45, 7) is 6.58. The predicted octanol–water partition coefficient (Wildman–Crippen LogP) is 2.67. The molecule has 0 spiro atoms. The summed E-state index contributed by atoms with van der Waals surface area (Å²) in [4.78, 5) is 4.16. The normalized spacial score (nSPS) is 16.8. The molecule has 0 saturated heterocycles. The number of nitrogens with zero attached hydrogens (tertiary/aromatic N) is 2.